The highest BCUT2D eigenvalue weighted by molar-refractivity contribution is 14.1. The molecule has 0 bridgehead atoms. The Labute approximate surface area is 172 Å². The molecular formula is C19H16F2INO5. The van der Waals surface area contributed by atoms with E-state index in [1.165, 1.54) is 18.2 Å². The SMILES string of the molecule is O=C(COC(CO)CO)c1cc2ocnc2c(F)c1Cc1ccc(I)cc1F. The number of rotatable bonds is 8. The minimum Gasteiger partial charge on any atom is -0.443 e. The summed E-state index contributed by atoms with van der Waals surface area (Å²) in [6, 6.07) is 5.87. The average molecular weight is 503 g/mol. The van der Waals surface area contributed by atoms with Gasteiger partial charge in [-0.25, -0.2) is 13.8 Å². The number of fused-ring (bicyclic) bond motifs is 1. The molecule has 6 nitrogen and oxygen atoms in total. The van der Waals surface area contributed by atoms with E-state index in [1.807, 2.05) is 22.6 Å². The maximum absolute atomic E-state index is 15.0. The van der Waals surface area contributed by atoms with Gasteiger partial charge in [0.25, 0.3) is 0 Å². The van der Waals surface area contributed by atoms with E-state index in [-0.39, 0.29) is 34.2 Å². The fourth-order valence-corrected chi connectivity index (χ4v) is 3.17. The number of Topliss-reactive ketones (excluding diaryl/α,β-unsaturated/α-hetero) is 1. The molecule has 0 aliphatic heterocycles. The lowest BCUT2D eigenvalue weighted by molar-refractivity contribution is -0.0132. The molecule has 0 saturated carbocycles. The number of hydrogen-bond donors (Lipinski definition) is 2. The number of aromatic nitrogens is 1. The summed E-state index contributed by atoms with van der Waals surface area (Å²) >= 11 is 1.96. The van der Waals surface area contributed by atoms with Crippen LogP contribution in [0.15, 0.2) is 35.1 Å². The van der Waals surface area contributed by atoms with E-state index < -0.39 is 43.3 Å². The van der Waals surface area contributed by atoms with Crippen molar-refractivity contribution in [1.29, 1.82) is 0 Å². The van der Waals surface area contributed by atoms with Gasteiger partial charge in [0, 0.05) is 21.1 Å². The van der Waals surface area contributed by atoms with Gasteiger partial charge in [-0.1, -0.05) is 6.07 Å². The average Bonchev–Trinajstić information content (AvgIpc) is 3.15. The molecule has 2 N–H and O–H groups in total. The van der Waals surface area contributed by atoms with Crippen molar-refractivity contribution in [3.63, 3.8) is 0 Å². The molecule has 9 heteroatoms. The van der Waals surface area contributed by atoms with Gasteiger partial charge in [-0.2, -0.15) is 0 Å². The highest BCUT2D eigenvalue weighted by Gasteiger charge is 2.23. The summed E-state index contributed by atoms with van der Waals surface area (Å²) in [6.07, 6.45) is -0.0386. The lowest BCUT2D eigenvalue weighted by Gasteiger charge is -2.14. The second kappa shape index (κ2) is 9.03. The van der Waals surface area contributed by atoms with Crippen molar-refractivity contribution >= 4 is 39.5 Å². The van der Waals surface area contributed by atoms with Crippen molar-refractivity contribution in [2.24, 2.45) is 0 Å². The molecular weight excluding hydrogens is 487 g/mol. The minimum atomic E-state index is -0.931. The second-order valence-corrected chi connectivity index (χ2v) is 7.30. The van der Waals surface area contributed by atoms with Crippen LogP contribution in [0.3, 0.4) is 0 Å². The van der Waals surface area contributed by atoms with Crippen LogP contribution in [0.5, 0.6) is 0 Å². The molecule has 3 rings (SSSR count). The molecule has 0 saturated heterocycles. The van der Waals surface area contributed by atoms with Crippen LogP contribution in [-0.2, 0) is 11.2 Å². The zero-order chi connectivity index (χ0) is 20.3. The normalized spacial score (nSPS) is 11.5. The van der Waals surface area contributed by atoms with Gasteiger partial charge in [0.1, 0.15) is 24.0 Å². The molecule has 28 heavy (non-hydrogen) atoms. The molecule has 0 fully saturated rings. The van der Waals surface area contributed by atoms with Gasteiger partial charge >= 0.3 is 0 Å². The molecule has 1 heterocycles. The van der Waals surface area contributed by atoms with Crippen molar-refractivity contribution in [1.82, 2.24) is 4.98 Å². The predicted molar refractivity (Wildman–Crippen MR) is 104 cm³/mol. The molecule has 0 spiro atoms. The molecule has 3 aromatic rings. The summed E-state index contributed by atoms with van der Waals surface area (Å²) in [6.45, 7) is -1.44. The maximum Gasteiger partial charge on any atom is 0.189 e. The van der Waals surface area contributed by atoms with Gasteiger partial charge in [-0.05, 0) is 46.4 Å². The van der Waals surface area contributed by atoms with Crippen LogP contribution in [0.4, 0.5) is 8.78 Å². The summed E-state index contributed by atoms with van der Waals surface area (Å²) in [5, 5.41) is 18.1. The van der Waals surface area contributed by atoms with Crippen LogP contribution in [0.25, 0.3) is 11.1 Å². The largest absolute Gasteiger partial charge is 0.443 e. The van der Waals surface area contributed by atoms with Crippen molar-refractivity contribution in [2.75, 3.05) is 19.8 Å². The minimum absolute atomic E-state index is 0.0281. The van der Waals surface area contributed by atoms with Crippen molar-refractivity contribution in [2.45, 2.75) is 12.5 Å². The summed E-state index contributed by atoms with van der Waals surface area (Å²) in [5.41, 5.74) is 0.185. The quantitative estimate of drug-likeness (QED) is 0.363. The van der Waals surface area contributed by atoms with Crippen LogP contribution >= 0.6 is 22.6 Å². The Kier molecular flexibility index (Phi) is 6.70. The third-order valence-corrected chi connectivity index (χ3v) is 4.88. The number of ketones is 1. The lowest BCUT2D eigenvalue weighted by atomic mass is 9.95. The molecule has 2 aromatic carbocycles. The smallest absolute Gasteiger partial charge is 0.189 e. The van der Waals surface area contributed by atoms with E-state index in [4.69, 9.17) is 19.4 Å². The first-order valence-electron chi connectivity index (χ1n) is 8.29. The predicted octanol–water partition coefficient (Wildman–Crippen LogP) is 2.85. The number of carbonyl (C=O) groups excluding carboxylic acids is 1. The fraction of sp³-hybridized carbons (Fsp3) is 0.263. The van der Waals surface area contributed by atoms with Crippen LogP contribution in [0, 0.1) is 15.2 Å². The number of benzene rings is 2. The van der Waals surface area contributed by atoms with Gasteiger partial charge in [0.05, 0.1) is 13.2 Å². The Morgan fingerprint density at radius 2 is 2.00 bits per heavy atom. The molecule has 0 aliphatic carbocycles. The Balaban J connectivity index is 2.00. The highest BCUT2D eigenvalue weighted by Crippen LogP contribution is 2.28. The first-order valence-corrected chi connectivity index (χ1v) is 9.37. The Morgan fingerprint density at radius 1 is 1.25 bits per heavy atom. The third-order valence-electron chi connectivity index (χ3n) is 4.21. The van der Waals surface area contributed by atoms with Crippen molar-refractivity contribution in [3.8, 4) is 0 Å². The van der Waals surface area contributed by atoms with Gasteiger partial charge in [0.2, 0.25) is 0 Å². The first-order chi connectivity index (χ1) is 13.4. The van der Waals surface area contributed by atoms with Gasteiger partial charge in [-0.15, -0.1) is 0 Å². The number of ether oxygens (including phenoxy) is 1. The standard InChI is InChI=1S/C19H16F2INO5/c20-15-4-11(22)2-1-10(15)3-14-13(16(26)8-27-12(6-24)7-25)5-17-19(18(14)21)23-9-28-17/h1-2,4-5,9,12,24-25H,3,6-8H2. The number of nitrogens with zero attached hydrogens (tertiary/aromatic N) is 1. The van der Waals surface area contributed by atoms with Crippen LogP contribution < -0.4 is 0 Å². The van der Waals surface area contributed by atoms with E-state index in [9.17, 15) is 9.18 Å². The zero-order valence-corrected chi connectivity index (χ0v) is 16.7. The van der Waals surface area contributed by atoms with Crippen LogP contribution in [0.1, 0.15) is 21.5 Å². The van der Waals surface area contributed by atoms with E-state index in [0.29, 0.717) is 3.57 Å². The molecule has 0 amide bonds. The molecule has 0 aliphatic rings. The highest BCUT2D eigenvalue weighted by atomic mass is 127. The van der Waals surface area contributed by atoms with Crippen LogP contribution in [0.2, 0.25) is 0 Å². The molecule has 0 radical (unpaired) electrons. The van der Waals surface area contributed by atoms with Gasteiger partial charge in [-0.3, -0.25) is 4.79 Å². The first kappa shape index (κ1) is 20.8. The summed E-state index contributed by atoms with van der Waals surface area (Å²) in [4.78, 5) is 16.4. The summed E-state index contributed by atoms with van der Waals surface area (Å²) in [5.74, 6) is -1.87. The molecule has 1 aromatic heterocycles. The van der Waals surface area contributed by atoms with Crippen molar-refractivity contribution in [3.05, 3.63) is 62.6 Å². The molecule has 148 valence electrons. The Bertz CT molecular complexity index is 1000. The second-order valence-electron chi connectivity index (χ2n) is 6.05. The topological polar surface area (TPSA) is 92.8 Å². The van der Waals surface area contributed by atoms with Crippen molar-refractivity contribution < 1.29 is 32.9 Å². The number of hydrogen-bond acceptors (Lipinski definition) is 6. The molecule has 0 atom stereocenters. The van der Waals surface area contributed by atoms with E-state index in [2.05, 4.69) is 4.98 Å². The number of halogens is 3. The third kappa shape index (κ3) is 4.37. The Hall–Kier alpha value is -1.95. The summed E-state index contributed by atoms with van der Waals surface area (Å²) < 4.78 is 40.2. The monoisotopic (exact) mass is 503 g/mol. The lowest BCUT2D eigenvalue weighted by Crippen LogP contribution is -2.26. The fourth-order valence-electron chi connectivity index (χ4n) is 2.71. The van der Waals surface area contributed by atoms with E-state index >= 15 is 4.39 Å². The zero-order valence-electron chi connectivity index (χ0n) is 14.5. The van der Waals surface area contributed by atoms with Gasteiger partial charge in [0.15, 0.2) is 23.6 Å². The van der Waals surface area contributed by atoms with Crippen LogP contribution in [-0.4, -0.2) is 46.9 Å². The Morgan fingerprint density at radius 3 is 2.68 bits per heavy atom. The molecule has 0 unspecified atom stereocenters. The number of aliphatic hydroxyl groups is 2. The number of aliphatic hydroxyl groups excluding tert-OH is 2. The summed E-state index contributed by atoms with van der Waals surface area (Å²) in [7, 11) is 0. The van der Waals surface area contributed by atoms with Gasteiger partial charge < -0.3 is 19.4 Å². The van der Waals surface area contributed by atoms with E-state index in [1.54, 1.807) is 6.07 Å². The number of carbonyl (C=O) groups is 1. The number of oxazole rings is 1. The maximum atomic E-state index is 15.0. The van der Waals surface area contributed by atoms with E-state index in [0.717, 1.165) is 6.39 Å².